The molecule has 2 aromatic rings. The molecular weight excluding hydrogens is 436 g/mol. The van der Waals surface area contributed by atoms with E-state index in [-0.39, 0.29) is 5.69 Å². The molecule has 0 fully saturated rings. The van der Waals surface area contributed by atoms with E-state index in [4.69, 9.17) is 0 Å². The second kappa shape index (κ2) is 7.11. The maximum atomic E-state index is 11.7. The normalized spacial score (nSPS) is 17.7. The lowest BCUT2D eigenvalue weighted by atomic mass is 10.1. The summed E-state index contributed by atoms with van der Waals surface area (Å²) < 4.78 is 64.8. The molecule has 1 heterocycles. The first-order chi connectivity index (χ1) is 13.6. The molecule has 8 nitrogen and oxygen atoms in total. The van der Waals surface area contributed by atoms with Crippen LogP contribution in [0.2, 0.25) is 0 Å². The van der Waals surface area contributed by atoms with Crippen LogP contribution in [0.1, 0.15) is 6.42 Å². The average Bonchev–Trinajstić information content (AvgIpc) is 2.64. The van der Waals surface area contributed by atoms with E-state index < -0.39 is 30.0 Å². The number of nitrogens with zero attached hydrogens (tertiary/aromatic N) is 1. The third kappa shape index (κ3) is 4.14. The number of allylic oxidation sites excluding steroid dienone is 3. The summed E-state index contributed by atoms with van der Waals surface area (Å²) in [7, 11) is -9.22. The summed E-state index contributed by atoms with van der Waals surface area (Å²) in [5, 5.41) is 3.32. The average molecular weight is 451 g/mol. The highest BCUT2D eigenvalue weighted by atomic mass is 32.2. The Morgan fingerprint density at radius 3 is 2.45 bits per heavy atom. The van der Waals surface area contributed by atoms with Gasteiger partial charge in [0.25, 0.3) is 20.2 Å². The highest BCUT2D eigenvalue weighted by molar-refractivity contribution is 8.03. The van der Waals surface area contributed by atoms with Gasteiger partial charge >= 0.3 is 0 Å². The van der Waals surface area contributed by atoms with Crippen LogP contribution in [0.4, 0.5) is 11.4 Å². The van der Waals surface area contributed by atoms with Gasteiger partial charge in [-0.05, 0) is 42.5 Å². The van der Waals surface area contributed by atoms with Gasteiger partial charge < -0.3 is 5.32 Å². The Labute approximate surface area is 171 Å². The predicted molar refractivity (Wildman–Crippen MR) is 110 cm³/mol. The summed E-state index contributed by atoms with van der Waals surface area (Å²) in [6, 6.07) is 10.5. The Bertz CT molecular complexity index is 1330. The molecule has 150 valence electrons. The van der Waals surface area contributed by atoms with Crippen molar-refractivity contribution in [3.05, 3.63) is 65.2 Å². The number of aliphatic imine (C=N–C) groups is 1. The molecule has 0 unspecified atom stereocenters. The largest absolute Gasteiger partial charge is 0.354 e. The minimum absolute atomic E-state index is 0.277. The van der Waals surface area contributed by atoms with Gasteiger partial charge in [-0.2, -0.15) is 16.8 Å². The van der Waals surface area contributed by atoms with E-state index in [1.807, 2.05) is 24.3 Å². The molecule has 0 aromatic heterocycles. The summed E-state index contributed by atoms with van der Waals surface area (Å²) in [5.41, 5.74) is 2.07. The third-order valence-corrected chi connectivity index (χ3v) is 7.18. The van der Waals surface area contributed by atoms with Gasteiger partial charge in [0.2, 0.25) is 0 Å². The minimum Gasteiger partial charge on any atom is -0.354 e. The molecule has 0 radical (unpaired) electrons. The fourth-order valence-corrected chi connectivity index (χ4v) is 5.12. The first kappa shape index (κ1) is 19.9. The van der Waals surface area contributed by atoms with Crippen molar-refractivity contribution < 1.29 is 25.9 Å². The maximum absolute atomic E-state index is 11.7. The van der Waals surface area contributed by atoms with Crippen molar-refractivity contribution in [3.8, 4) is 0 Å². The second-order valence-corrected chi connectivity index (χ2v) is 10.2. The molecule has 29 heavy (non-hydrogen) atoms. The van der Waals surface area contributed by atoms with Crippen molar-refractivity contribution in [2.75, 3.05) is 5.32 Å². The third-order valence-electron chi connectivity index (χ3n) is 4.24. The van der Waals surface area contributed by atoms with Crippen LogP contribution in [-0.2, 0) is 20.2 Å². The molecule has 0 bridgehead atoms. The van der Waals surface area contributed by atoms with Crippen molar-refractivity contribution in [2.24, 2.45) is 4.99 Å². The summed E-state index contributed by atoms with van der Waals surface area (Å²) in [5.74, 6) is 0. The number of rotatable bonds is 3. The number of para-hydroxylation sites is 1. The van der Waals surface area contributed by atoms with E-state index in [1.165, 1.54) is 0 Å². The fourth-order valence-electron chi connectivity index (χ4n) is 2.92. The van der Waals surface area contributed by atoms with Gasteiger partial charge in [0.1, 0.15) is 4.90 Å². The molecule has 0 saturated carbocycles. The number of benzene rings is 2. The molecule has 0 saturated heterocycles. The SMILES string of the molecule is O=S(=O)(O)c1ccc(S(=O)(=O)O)c(/N=C2\C=CC3=C(C2)Sc2ccccc2N3)c1. The Balaban J connectivity index is 1.73. The van der Waals surface area contributed by atoms with Gasteiger partial charge in [-0.15, -0.1) is 0 Å². The van der Waals surface area contributed by atoms with Crippen molar-refractivity contribution in [3.63, 3.8) is 0 Å². The maximum Gasteiger partial charge on any atom is 0.296 e. The van der Waals surface area contributed by atoms with E-state index in [0.717, 1.165) is 39.4 Å². The first-order valence-corrected chi connectivity index (χ1v) is 11.9. The number of thioether (sulfide) groups is 1. The van der Waals surface area contributed by atoms with Gasteiger partial charge in [-0.1, -0.05) is 23.9 Å². The molecule has 2 aliphatic rings. The van der Waals surface area contributed by atoms with E-state index >= 15 is 0 Å². The van der Waals surface area contributed by atoms with Crippen molar-refractivity contribution >= 4 is 49.1 Å². The summed E-state index contributed by atoms with van der Waals surface area (Å²) >= 11 is 1.55. The molecule has 11 heteroatoms. The Morgan fingerprint density at radius 1 is 0.966 bits per heavy atom. The second-order valence-electron chi connectivity index (χ2n) is 6.25. The zero-order valence-corrected chi connectivity index (χ0v) is 17.1. The number of fused-ring (bicyclic) bond motifs is 1. The summed E-state index contributed by atoms with van der Waals surface area (Å²) in [4.78, 5) is 5.17. The molecular formula is C18H14N2O6S3. The zero-order chi connectivity index (χ0) is 20.8. The van der Waals surface area contributed by atoms with Crippen LogP contribution in [0.15, 0.2) is 84.9 Å². The van der Waals surface area contributed by atoms with Crippen LogP contribution in [0.5, 0.6) is 0 Å². The topological polar surface area (TPSA) is 133 Å². The Kier molecular flexibility index (Phi) is 4.87. The lowest BCUT2D eigenvalue weighted by molar-refractivity contribution is 0.478. The number of nitrogens with one attached hydrogen (secondary N) is 1. The van der Waals surface area contributed by atoms with Gasteiger partial charge in [-0.3, -0.25) is 14.1 Å². The smallest absolute Gasteiger partial charge is 0.296 e. The quantitative estimate of drug-likeness (QED) is 0.604. The number of hydrogen-bond acceptors (Lipinski definition) is 7. The van der Waals surface area contributed by atoms with Gasteiger partial charge in [0.05, 0.1) is 16.3 Å². The lowest BCUT2D eigenvalue weighted by Crippen LogP contribution is -2.12. The fraction of sp³-hybridized carbons (Fsp3) is 0.0556. The molecule has 0 spiro atoms. The van der Waals surface area contributed by atoms with Crippen LogP contribution in [0, 0.1) is 0 Å². The van der Waals surface area contributed by atoms with Crippen molar-refractivity contribution in [1.29, 1.82) is 0 Å². The molecule has 0 atom stereocenters. The van der Waals surface area contributed by atoms with Crippen molar-refractivity contribution in [1.82, 2.24) is 0 Å². The molecule has 0 amide bonds. The standard InChI is InChI=1S/C18H14N2O6S3/c21-28(22,23)12-6-8-18(29(24,25)26)15(10-12)19-11-5-7-14-17(9-11)27-16-4-2-1-3-13(16)20-14/h1-8,10,20H,9H2,(H,21,22,23)(H,24,25,26)/b19-11+. The lowest BCUT2D eigenvalue weighted by Gasteiger charge is -2.25. The Hall–Kier alpha value is -2.44. The van der Waals surface area contributed by atoms with E-state index in [9.17, 15) is 25.9 Å². The van der Waals surface area contributed by atoms with Crippen LogP contribution < -0.4 is 5.32 Å². The first-order valence-electron chi connectivity index (χ1n) is 8.23. The summed E-state index contributed by atoms with van der Waals surface area (Å²) in [6.45, 7) is 0. The summed E-state index contributed by atoms with van der Waals surface area (Å²) in [6.07, 6.45) is 3.84. The molecule has 1 aliphatic carbocycles. The van der Waals surface area contributed by atoms with Crippen molar-refractivity contribution in [2.45, 2.75) is 21.1 Å². The van der Waals surface area contributed by atoms with Crippen LogP contribution in [0.3, 0.4) is 0 Å². The highest BCUT2D eigenvalue weighted by Gasteiger charge is 2.23. The Morgan fingerprint density at radius 2 is 1.72 bits per heavy atom. The van der Waals surface area contributed by atoms with E-state index in [1.54, 1.807) is 23.9 Å². The molecule has 1 aliphatic heterocycles. The number of anilines is 1. The minimum atomic E-state index is -4.65. The van der Waals surface area contributed by atoms with Gasteiger partial charge in [0, 0.05) is 27.6 Å². The van der Waals surface area contributed by atoms with E-state index in [0.29, 0.717) is 12.1 Å². The highest BCUT2D eigenvalue weighted by Crippen LogP contribution is 2.43. The van der Waals surface area contributed by atoms with Crippen LogP contribution in [-0.4, -0.2) is 31.7 Å². The van der Waals surface area contributed by atoms with E-state index in [2.05, 4.69) is 10.3 Å². The zero-order valence-electron chi connectivity index (χ0n) is 14.6. The number of hydrogen-bond donors (Lipinski definition) is 3. The molecule has 2 aromatic carbocycles. The van der Waals surface area contributed by atoms with Crippen LogP contribution >= 0.6 is 11.8 Å². The predicted octanol–water partition coefficient (Wildman–Crippen LogP) is 3.64. The monoisotopic (exact) mass is 450 g/mol. The van der Waals surface area contributed by atoms with Crippen LogP contribution in [0.25, 0.3) is 0 Å². The molecule has 3 N–H and O–H groups in total. The van der Waals surface area contributed by atoms with Gasteiger partial charge in [0.15, 0.2) is 0 Å². The van der Waals surface area contributed by atoms with Gasteiger partial charge in [-0.25, -0.2) is 0 Å². The molecule has 4 rings (SSSR count).